The number of hydrogen-bond donors (Lipinski definition) is 0. The van der Waals surface area contributed by atoms with Crippen molar-refractivity contribution in [1.82, 2.24) is 0 Å². The molecule has 118 valence electrons. The molecule has 4 nitrogen and oxygen atoms in total. The fraction of sp³-hybridized carbons (Fsp3) is 1.00. The Labute approximate surface area is 124 Å². The Morgan fingerprint density at radius 2 is 2.10 bits per heavy atom. The van der Waals surface area contributed by atoms with E-state index >= 15 is 0 Å². The van der Waals surface area contributed by atoms with E-state index in [-0.39, 0.29) is 6.29 Å². The molecule has 5 heteroatoms. The molecule has 2 fully saturated rings. The van der Waals surface area contributed by atoms with E-state index in [9.17, 15) is 0 Å². The van der Waals surface area contributed by atoms with Crippen molar-refractivity contribution in [3.05, 3.63) is 0 Å². The third-order valence-electron chi connectivity index (χ3n) is 4.55. The SMILES string of the molecule is CCO[Si](C)(CCCC1CCC2OC2C1)OC(C)OC. The Kier molecular flexibility index (Phi) is 6.04. The van der Waals surface area contributed by atoms with Crippen LogP contribution in [0, 0.1) is 5.92 Å². The lowest BCUT2D eigenvalue weighted by atomic mass is 9.86. The van der Waals surface area contributed by atoms with Gasteiger partial charge in [-0.25, -0.2) is 0 Å². The maximum Gasteiger partial charge on any atom is 0.336 e. The van der Waals surface area contributed by atoms with Gasteiger partial charge < -0.3 is 18.3 Å². The summed E-state index contributed by atoms with van der Waals surface area (Å²) in [5, 5.41) is 0. The molecular weight excluding hydrogens is 272 g/mol. The quantitative estimate of drug-likeness (QED) is 0.371. The second-order valence-electron chi connectivity index (χ2n) is 6.27. The minimum atomic E-state index is -2.08. The van der Waals surface area contributed by atoms with E-state index in [0.717, 1.165) is 18.6 Å². The van der Waals surface area contributed by atoms with Gasteiger partial charge in [-0.2, -0.15) is 0 Å². The van der Waals surface area contributed by atoms with E-state index < -0.39 is 8.56 Å². The van der Waals surface area contributed by atoms with E-state index in [1.165, 1.54) is 32.1 Å². The first-order valence-corrected chi connectivity index (χ1v) is 10.6. The molecule has 0 radical (unpaired) electrons. The average Bonchev–Trinajstić information content (AvgIpc) is 3.17. The predicted molar refractivity (Wildman–Crippen MR) is 80.8 cm³/mol. The lowest BCUT2D eigenvalue weighted by molar-refractivity contribution is -0.0619. The first-order chi connectivity index (χ1) is 9.56. The second-order valence-corrected chi connectivity index (χ2v) is 9.56. The van der Waals surface area contributed by atoms with Gasteiger partial charge in [0.1, 0.15) is 6.29 Å². The molecule has 0 N–H and O–H groups in total. The molecule has 0 aromatic rings. The van der Waals surface area contributed by atoms with E-state index in [2.05, 4.69) is 6.55 Å². The molecule has 5 unspecified atom stereocenters. The first kappa shape index (κ1) is 16.4. The van der Waals surface area contributed by atoms with Gasteiger partial charge in [0, 0.05) is 13.7 Å². The van der Waals surface area contributed by atoms with Crippen molar-refractivity contribution in [2.75, 3.05) is 13.7 Å². The van der Waals surface area contributed by atoms with Crippen LogP contribution < -0.4 is 0 Å². The van der Waals surface area contributed by atoms with Gasteiger partial charge in [0.05, 0.1) is 12.2 Å². The molecule has 1 saturated carbocycles. The van der Waals surface area contributed by atoms with Crippen LogP contribution in [0.15, 0.2) is 0 Å². The maximum absolute atomic E-state index is 6.02. The summed E-state index contributed by atoms with van der Waals surface area (Å²) in [7, 11) is -0.401. The summed E-state index contributed by atoms with van der Waals surface area (Å²) in [6.45, 7) is 6.86. The molecule has 5 atom stereocenters. The monoisotopic (exact) mass is 302 g/mol. The second kappa shape index (κ2) is 7.36. The van der Waals surface area contributed by atoms with Crippen LogP contribution in [0.3, 0.4) is 0 Å². The van der Waals surface area contributed by atoms with Gasteiger partial charge in [0.25, 0.3) is 0 Å². The van der Waals surface area contributed by atoms with Crippen LogP contribution in [-0.4, -0.2) is 40.8 Å². The molecule has 20 heavy (non-hydrogen) atoms. The van der Waals surface area contributed by atoms with Crippen LogP contribution in [0.2, 0.25) is 12.6 Å². The molecule has 2 rings (SSSR count). The summed E-state index contributed by atoms with van der Waals surface area (Å²) in [4.78, 5) is 0. The molecule has 1 aliphatic heterocycles. The molecule has 0 aromatic carbocycles. The van der Waals surface area contributed by atoms with Gasteiger partial charge in [0.15, 0.2) is 0 Å². The predicted octanol–water partition coefficient (Wildman–Crippen LogP) is 3.45. The zero-order valence-corrected chi connectivity index (χ0v) is 14.4. The Bertz CT molecular complexity index is 302. The van der Waals surface area contributed by atoms with Crippen LogP contribution in [0.4, 0.5) is 0 Å². The highest BCUT2D eigenvalue weighted by Crippen LogP contribution is 2.41. The molecule has 1 aliphatic carbocycles. The highest BCUT2D eigenvalue weighted by atomic mass is 28.4. The number of ether oxygens (including phenoxy) is 2. The van der Waals surface area contributed by atoms with Crippen molar-refractivity contribution in [3.8, 4) is 0 Å². The molecule has 1 saturated heterocycles. The number of fused-ring (bicyclic) bond motifs is 1. The van der Waals surface area contributed by atoms with Gasteiger partial charge >= 0.3 is 8.56 Å². The molecule has 0 spiro atoms. The Balaban J connectivity index is 1.70. The van der Waals surface area contributed by atoms with Gasteiger partial charge in [-0.05, 0) is 51.6 Å². The molecule has 2 aliphatic rings. The van der Waals surface area contributed by atoms with Gasteiger partial charge in [-0.3, -0.25) is 0 Å². The van der Waals surface area contributed by atoms with Gasteiger partial charge in [-0.15, -0.1) is 0 Å². The molecule has 1 heterocycles. The van der Waals surface area contributed by atoms with Crippen LogP contribution in [0.5, 0.6) is 0 Å². The summed E-state index contributed by atoms with van der Waals surface area (Å²) in [6, 6.07) is 1.06. The smallest absolute Gasteiger partial charge is 0.336 e. The average molecular weight is 302 g/mol. The number of rotatable bonds is 9. The summed E-state index contributed by atoms with van der Waals surface area (Å²) in [6.07, 6.45) is 7.39. The van der Waals surface area contributed by atoms with Crippen molar-refractivity contribution < 1.29 is 18.3 Å². The summed E-state index contributed by atoms with van der Waals surface area (Å²) in [5.41, 5.74) is 0. The summed E-state index contributed by atoms with van der Waals surface area (Å²) >= 11 is 0. The van der Waals surface area contributed by atoms with Crippen LogP contribution in [0.1, 0.15) is 46.0 Å². The Morgan fingerprint density at radius 1 is 1.30 bits per heavy atom. The standard InChI is InChI=1S/C15H30O4Si/c1-5-17-20(4,19-12(2)16-3)10-6-7-13-8-9-14-15(11-13)18-14/h12-15H,5-11H2,1-4H3. The van der Waals surface area contributed by atoms with Crippen molar-refractivity contribution in [2.45, 2.75) is 77.0 Å². The Hall–Kier alpha value is 0.0569. The largest absolute Gasteiger partial charge is 0.395 e. The summed E-state index contributed by atoms with van der Waals surface area (Å²) < 4.78 is 22.8. The summed E-state index contributed by atoms with van der Waals surface area (Å²) in [5.74, 6) is 0.846. The first-order valence-electron chi connectivity index (χ1n) is 8.06. The minimum absolute atomic E-state index is 0.173. The van der Waals surface area contributed by atoms with E-state index in [4.69, 9.17) is 18.3 Å². The van der Waals surface area contributed by atoms with Crippen LogP contribution >= 0.6 is 0 Å². The van der Waals surface area contributed by atoms with Crippen LogP contribution in [-0.2, 0) is 18.3 Å². The van der Waals surface area contributed by atoms with E-state index in [1.807, 2.05) is 13.8 Å². The van der Waals surface area contributed by atoms with Gasteiger partial charge in [-0.1, -0.05) is 12.8 Å². The fourth-order valence-corrected chi connectivity index (χ4v) is 5.92. The number of methoxy groups -OCH3 is 1. The molecule has 0 amide bonds. The highest BCUT2D eigenvalue weighted by molar-refractivity contribution is 6.66. The molecule has 0 bridgehead atoms. The Morgan fingerprint density at radius 3 is 2.75 bits per heavy atom. The lowest BCUT2D eigenvalue weighted by Gasteiger charge is -2.30. The van der Waals surface area contributed by atoms with Crippen molar-refractivity contribution >= 4 is 8.56 Å². The van der Waals surface area contributed by atoms with E-state index in [0.29, 0.717) is 12.2 Å². The molecule has 0 aromatic heterocycles. The highest BCUT2D eigenvalue weighted by Gasteiger charge is 2.43. The minimum Gasteiger partial charge on any atom is -0.395 e. The van der Waals surface area contributed by atoms with Crippen LogP contribution in [0.25, 0.3) is 0 Å². The maximum atomic E-state index is 6.02. The van der Waals surface area contributed by atoms with E-state index in [1.54, 1.807) is 7.11 Å². The lowest BCUT2D eigenvalue weighted by Crippen LogP contribution is -2.42. The fourth-order valence-electron chi connectivity index (χ4n) is 3.33. The van der Waals surface area contributed by atoms with Gasteiger partial charge in [0.2, 0.25) is 0 Å². The number of hydrogen-bond acceptors (Lipinski definition) is 4. The van der Waals surface area contributed by atoms with Crippen molar-refractivity contribution in [2.24, 2.45) is 5.92 Å². The normalized spacial score (nSPS) is 33.3. The number of epoxide rings is 1. The van der Waals surface area contributed by atoms with Crippen molar-refractivity contribution in [3.63, 3.8) is 0 Å². The van der Waals surface area contributed by atoms with Crippen molar-refractivity contribution in [1.29, 1.82) is 0 Å². The topological polar surface area (TPSA) is 40.2 Å². The third-order valence-corrected chi connectivity index (χ3v) is 7.54. The zero-order valence-electron chi connectivity index (χ0n) is 13.4. The third kappa shape index (κ3) is 4.81. The molecular formula is C15H30O4Si. The zero-order chi connectivity index (χ0) is 14.6.